The lowest BCUT2D eigenvalue weighted by atomic mass is 10.0. The molecular formula is C14H14N4O3. The van der Waals surface area contributed by atoms with E-state index in [0.717, 1.165) is 6.42 Å². The molecule has 1 aromatic carbocycles. The van der Waals surface area contributed by atoms with Gasteiger partial charge in [-0.15, -0.1) is 0 Å². The lowest BCUT2D eigenvalue weighted by Gasteiger charge is -2.25. The number of aromatic nitrogens is 2. The van der Waals surface area contributed by atoms with Gasteiger partial charge >= 0.3 is 5.97 Å². The molecular weight excluding hydrogens is 272 g/mol. The summed E-state index contributed by atoms with van der Waals surface area (Å²) in [7, 11) is 0. The molecule has 2 heterocycles. The lowest BCUT2D eigenvalue weighted by molar-refractivity contribution is 0.0697. The zero-order valence-electron chi connectivity index (χ0n) is 11.4. The van der Waals surface area contributed by atoms with E-state index in [4.69, 9.17) is 10.9 Å². The van der Waals surface area contributed by atoms with Gasteiger partial charge in [-0.25, -0.2) is 9.78 Å². The van der Waals surface area contributed by atoms with Gasteiger partial charge in [0, 0.05) is 6.04 Å². The lowest BCUT2D eigenvalue weighted by Crippen LogP contribution is -2.34. The number of rotatable bonds is 1. The molecule has 7 nitrogen and oxygen atoms in total. The summed E-state index contributed by atoms with van der Waals surface area (Å²) in [5.74, 6) is 4.74. The third-order valence-corrected chi connectivity index (χ3v) is 3.80. The second kappa shape index (κ2) is 4.69. The molecule has 21 heavy (non-hydrogen) atoms. The predicted octanol–water partition coefficient (Wildman–Crippen LogP) is 1.11. The van der Waals surface area contributed by atoms with Gasteiger partial charge in [0.2, 0.25) is 0 Å². The molecule has 1 unspecified atom stereocenters. The Balaban J connectivity index is 2.38. The van der Waals surface area contributed by atoms with Crippen LogP contribution < -0.4 is 11.4 Å². The number of hydrazone groups is 1. The van der Waals surface area contributed by atoms with E-state index in [0.29, 0.717) is 28.9 Å². The summed E-state index contributed by atoms with van der Waals surface area (Å²) in [4.78, 5) is 28.1. The molecule has 0 bridgehead atoms. The number of hydrogen-bond acceptors (Lipinski definition) is 5. The topological polar surface area (TPSA) is 111 Å². The average Bonchev–Trinajstić information content (AvgIpc) is 2.47. The highest BCUT2D eigenvalue weighted by molar-refractivity contribution is 6.00. The van der Waals surface area contributed by atoms with Gasteiger partial charge in [-0.2, -0.15) is 5.10 Å². The fourth-order valence-electron chi connectivity index (χ4n) is 2.65. The van der Waals surface area contributed by atoms with Gasteiger partial charge in [0.25, 0.3) is 5.56 Å². The van der Waals surface area contributed by atoms with Crippen LogP contribution in [0.4, 0.5) is 0 Å². The first-order valence-electron chi connectivity index (χ1n) is 6.59. The number of fused-ring (bicyclic) bond motifs is 2. The zero-order chi connectivity index (χ0) is 15.1. The van der Waals surface area contributed by atoms with Crippen LogP contribution in [0.15, 0.2) is 28.1 Å². The minimum absolute atomic E-state index is 0.00838. The maximum Gasteiger partial charge on any atom is 0.335 e. The number of carbonyl (C=O) groups is 1. The number of benzene rings is 1. The molecule has 0 saturated carbocycles. The van der Waals surface area contributed by atoms with Crippen LogP contribution in [0, 0.1) is 0 Å². The smallest absolute Gasteiger partial charge is 0.335 e. The molecule has 3 N–H and O–H groups in total. The molecule has 1 aliphatic heterocycles. The van der Waals surface area contributed by atoms with Gasteiger partial charge in [-0.1, -0.05) is 0 Å². The Labute approximate surface area is 119 Å². The molecule has 0 saturated heterocycles. The van der Waals surface area contributed by atoms with Crippen LogP contribution in [0.1, 0.15) is 42.0 Å². The van der Waals surface area contributed by atoms with Crippen LogP contribution in [0.2, 0.25) is 0 Å². The van der Waals surface area contributed by atoms with Gasteiger partial charge in [0.05, 0.1) is 16.5 Å². The van der Waals surface area contributed by atoms with Gasteiger partial charge in [0.15, 0.2) is 5.82 Å². The van der Waals surface area contributed by atoms with Crippen molar-refractivity contribution in [3.8, 4) is 0 Å². The fourth-order valence-corrected chi connectivity index (χ4v) is 2.65. The van der Waals surface area contributed by atoms with E-state index in [2.05, 4.69) is 10.1 Å². The fraction of sp³-hybridized carbons (Fsp3) is 0.286. The molecule has 3 rings (SSSR count). The van der Waals surface area contributed by atoms with Crippen molar-refractivity contribution in [1.82, 2.24) is 9.55 Å². The molecule has 108 valence electrons. The van der Waals surface area contributed by atoms with E-state index in [1.165, 1.54) is 18.2 Å². The zero-order valence-corrected chi connectivity index (χ0v) is 11.4. The van der Waals surface area contributed by atoms with Crippen molar-refractivity contribution < 1.29 is 9.90 Å². The molecule has 1 aliphatic rings. The number of nitrogens with two attached hydrogens (primary N) is 1. The molecule has 7 heteroatoms. The first-order chi connectivity index (χ1) is 10.0. The van der Waals surface area contributed by atoms with Crippen LogP contribution in [0.5, 0.6) is 0 Å². The standard InChI is InChI=1S/C14H14N4O3/c1-7-2-5-10(17-15)12-16-11-6-8(14(20)21)3-4-9(11)13(19)18(7)12/h3-4,6-7H,2,5,15H2,1H3,(H,20,21). The van der Waals surface area contributed by atoms with E-state index >= 15 is 0 Å². The third kappa shape index (κ3) is 1.97. The summed E-state index contributed by atoms with van der Waals surface area (Å²) in [5, 5.41) is 13.1. The monoisotopic (exact) mass is 286 g/mol. The van der Waals surface area contributed by atoms with Crippen molar-refractivity contribution in [2.24, 2.45) is 10.9 Å². The Morgan fingerprint density at radius 1 is 1.52 bits per heavy atom. The number of nitrogens with zero attached hydrogens (tertiary/aromatic N) is 3. The Morgan fingerprint density at radius 3 is 2.95 bits per heavy atom. The van der Waals surface area contributed by atoms with E-state index in [9.17, 15) is 9.59 Å². The molecule has 0 radical (unpaired) electrons. The first kappa shape index (κ1) is 13.3. The van der Waals surface area contributed by atoms with E-state index in [1.807, 2.05) is 6.92 Å². The summed E-state index contributed by atoms with van der Waals surface area (Å²) < 4.78 is 1.58. The highest BCUT2D eigenvalue weighted by Gasteiger charge is 2.25. The molecule has 1 aromatic heterocycles. The largest absolute Gasteiger partial charge is 0.478 e. The molecule has 0 spiro atoms. The molecule has 0 fully saturated rings. The van der Waals surface area contributed by atoms with Gasteiger partial charge < -0.3 is 10.9 Å². The van der Waals surface area contributed by atoms with Crippen molar-refractivity contribution in [1.29, 1.82) is 0 Å². The summed E-state index contributed by atoms with van der Waals surface area (Å²) in [6, 6.07) is 4.32. The van der Waals surface area contributed by atoms with Crippen molar-refractivity contribution in [2.75, 3.05) is 0 Å². The second-order valence-electron chi connectivity index (χ2n) is 5.11. The minimum Gasteiger partial charge on any atom is -0.478 e. The minimum atomic E-state index is -1.06. The quantitative estimate of drug-likeness (QED) is 0.602. The van der Waals surface area contributed by atoms with Crippen LogP contribution in [-0.2, 0) is 0 Å². The summed E-state index contributed by atoms with van der Waals surface area (Å²) >= 11 is 0. The third-order valence-electron chi connectivity index (χ3n) is 3.80. The van der Waals surface area contributed by atoms with E-state index in [1.54, 1.807) is 4.57 Å². The van der Waals surface area contributed by atoms with Gasteiger partial charge in [0.1, 0.15) is 5.71 Å². The first-order valence-corrected chi connectivity index (χ1v) is 6.59. The summed E-state index contributed by atoms with van der Waals surface area (Å²) in [5.41, 5.74) is 0.809. The molecule has 2 aromatic rings. The summed E-state index contributed by atoms with van der Waals surface area (Å²) in [6.45, 7) is 1.94. The van der Waals surface area contributed by atoms with Crippen LogP contribution in [0.3, 0.4) is 0 Å². The Morgan fingerprint density at radius 2 is 2.29 bits per heavy atom. The van der Waals surface area contributed by atoms with E-state index < -0.39 is 5.97 Å². The van der Waals surface area contributed by atoms with E-state index in [-0.39, 0.29) is 17.2 Å². The number of carboxylic acid groups (broad SMARTS) is 1. The van der Waals surface area contributed by atoms with Crippen molar-refractivity contribution in [2.45, 2.75) is 25.8 Å². The molecule has 1 atom stereocenters. The Kier molecular flexibility index (Phi) is 2.97. The second-order valence-corrected chi connectivity index (χ2v) is 5.11. The SMILES string of the molecule is CC1CCC(=NN)c2nc3cc(C(=O)O)ccc3c(=O)n21. The summed E-state index contributed by atoms with van der Waals surface area (Å²) in [6.07, 6.45) is 1.41. The Bertz CT molecular complexity index is 838. The average molecular weight is 286 g/mol. The van der Waals surface area contributed by atoms with Crippen LogP contribution >= 0.6 is 0 Å². The highest BCUT2D eigenvalue weighted by Crippen LogP contribution is 2.23. The van der Waals surface area contributed by atoms with Crippen molar-refractivity contribution in [3.05, 3.63) is 39.9 Å². The van der Waals surface area contributed by atoms with Gasteiger partial charge in [-0.3, -0.25) is 9.36 Å². The maximum atomic E-state index is 12.6. The van der Waals surface area contributed by atoms with Gasteiger partial charge in [-0.05, 0) is 38.0 Å². The van der Waals surface area contributed by atoms with Crippen LogP contribution in [-0.4, -0.2) is 26.3 Å². The number of carboxylic acids is 1. The normalized spacial score (nSPS) is 19.7. The number of hydrogen-bond donors (Lipinski definition) is 2. The maximum absolute atomic E-state index is 12.6. The Hall–Kier alpha value is -2.70. The van der Waals surface area contributed by atoms with Crippen molar-refractivity contribution >= 4 is 22.6 Å². The van der Waals surface area contributed by atoms with Crippen LogP contribution in [0.25, 0.3) is 10.9 Å². The van der Waals surface area contributed by atoms with Crippen molar-refractivity contribution in [3.63, 3.8) is 0 Å². The predicted molar refractivity (Wildman–Crippen MR) is 77.6 cm³/mol. The number of aromatic carboxylic acids is 1. The molecule has 0 aliphatic carbocycles. The highest BCUT2D eigenvalue weighted by atomic mass is 16.4. The molecule has 0 amide bonds.